The van der Waals surface area contributed by atoms with Gasteiger partial charge in [-0.25, -0.2) is 15.0 Å². The van der Waals surface area contributed by atoms with Crippen LogP contribution in [0.1, 0.15) is 16.1 Å². The fraction of sp³-hybridized carbons (Fsp3) is 0.250. The number of rotatable bonds is 5. The molecule has 0 spiro atoms. The number of carbonyl (C=O) groups excluding carboxylic acids is 1. The second-order valence-electron chi connectivity index (χ2n) is 6.46. The molecule has 4 heterocycles. The summed E-state index contributed by atoms with van der Waals surface area (Å²) in [4.78, 5) is 33.7. The van der Waals surface area contributed by atoms with Crippen LogP contribution in [0.15, 0.2) is 61.3 Å². The van der Waals surface area contributed by atoms with Crippen LogP contribution in [0.5, 0.6) is 0 Å². The van der Waals surface area contributed by atoms with Gasteiger partial charge in [-0.1, -0.05) is 6.07 Å². The number of anilines is 2. The highest BCUT2D eigenvalue weighted by molar-refractivity contribution is 5.92. The molecule has 0 atom stereocenters. The summed E-state index contributed by atoms with van der Waals surface area (Å²) in [7, 11) is 0. The first-order valence-corrected chi connectivity index (χ1v) is 9.20. The monoisotopic (exact) mass is 375 g/mol. The van der Waals surface area contributed by atoms with E-state index in [9.17, 15) is 4.79 Å². The lowest BCUT2D eigenvalue weighted by atomic mass is 10.2. The maximum atomic E-state index is 12.4. The van der Waals surface area contributed by atoms with Gasteiger partial charge >= 0.3 is 0 Å². The molecule has 0 aliphatic carbocycles. The molecule has 3 aromatic rings. The molecule has 142 valence electrons. The molecular formula is C20H21N7O. The number of hydrogen-bond acceptors (Lipinski definition) is 7. The van der Waals surface area contributed by atoms with Crippen LogP contribution in [-0.2, 0) is 6.54 Å². The summed E-state index contributed by atoms with van der Waals surface area (Å²) < 4.78 is 0. The van der Waals surface area contributed by atoms with Crippen LogP contribution in [0.4, 0.5) is 11.6 Å². The van der Waals surface area contributed by atoms with E-state index in [-0.39, 0.29) is 5.91 Å². The molecule has 1 N–H and O–H groups in total. The summed E-state index contributed by atoms with van der Waals surface area (Å²) in [5.41, 5.74) is 1.36. The van der Waals surface area contributed by atoms with Crippen LogP contribution >= 0.6 is 0 Å². The van der Waals surface area contributed by atoms with Crippen molar-refractivity contribution >= 4 is 17.5 Å². The zero-order chi connectivity index (χ0) is 19.2. The zero-order valence-corrected chi connectivity index (χ0v) is 15.4. The van der Waals surface area contributed by atoms with Gasteiger partial charge in [0.05, 0.1) is 0 Å². The average Bonchev–Trinajstić information content (AvgIpc) is 2.79. The van der Waals surface area contributed by atoms with Crippen molar-refractivity contribution in [1.29, 1.82) is 0 Å². The van der Waals surface area contributed by atoms with E-state index in [0.717, 1.165) is 43.4 Å². The molecule has 8 heteroatoms. The minimum absolute atomic E-state index is 0.215. The maximum Gasteiger partial charge on any atom is 0.270 e. The minimum Gasteiger partial charge on any atom is -0.353 e. The summed E-state index contributed by atoms with van der Waals surface area (Å²) in [6.07, 6.45) is 6.66. The molecule has 0 radical (unpaired) electrons. The fourth-order valence-electron chi connectivity index (χ4n) is 3.12. The largest absolute Gasteiger partial charge is 0.353 e. The van der Waals surface area contributed by atoms with Crippen LogP contribution in [0, 0.1) is 0 Å². The Kier molecular flexibility index (Phi) is 5.37. The molecule has 0 aromatic carbocycles. The Morgan fingerprint density at radius 1 is 0.893 bits per heavy atom. The molecule has 1 fully saturated rings. The van der Waals surface area contributed by atoms with Crippen LogP contribution in [-0.4, -0.2) is 52.0 Å². The Bertz CT molecular complexity index is 912. The van der Waals surface area contributed by atoms with Gasteiger partial charge in [0.1, 0.15) is 23.7 Å². The van der Waals surface area contributed by atoms with Gasteiger partial charge in [-0.05, 0) is 29.8 Å². The molecule has 3 aromatic heterocycles. The van der Waals surface area contributed by atoms with Crippen LogP contribution in [0.2, 0.25) is 0 Å². The van der Waals surface area contributed by atoms with Crippen molar-refractivity contribution in [3.8, 4) is 0 Å². The summed E-state index contributed by atoms with van der Waals surface area (Å²) >= 11 is 0. The Morgan fingerprint density at radius 3 is 2.36 bits per heavy atom. The van der Waals surface area contributed by atoms with Crippen LogP contribution < -0.4 is 15.1 Å². The van der Waals surface area contributed by atoms with Gasteiger partial charge in [0.15, 0.2) is 0 Å². The van der Waals surface area contributed by atoms with E-state index in [1.807, 2.05) is 36.5 Å². The van der Waals surface area contributed by atoms with E-state index < -0.39 is 0 Å². The van der Waals surface area contributed by atoms with Gasteiger partial charge in [-0.2, -0.15) is 0 Å². The Labute approximate surface area is 163 Å². The summed E-state index contributed by atoms with van der Waals surface area (Å²) in [5.74, 6) is 1.54. The molecule has 4 rings (SSSR count). The van der Waals surface area contributed by atoms with E-state index in [1.165, 1.54) is 6.33 Å². The quantitative estimate of drug-likeness (QED) is 0.723. The van der Waals surface area contributed by atoms with Crippen molar-refractivity contribution in [3.63, 3.8) is 0 Å². The number of hydrogen-bond donors (Lipinski definition) is 1. The summed E-state index contributed by atoms with van der Waals surface area (Å²) in [6, 6.07) is 11.4. The first-order chi connectivity index (χ1) is 13.8. The number of pyridine rings is 2. The molecule has 1 aliphatic rings. The first-order valence-electron chi connectivity index (χ1n) is 9.20. The smallest absolute Gasteiger partial charge is 0.270 e. The lowest BCUT2D eigenvalue weighted by Gasteiger charge is -2.36. The predicted molar refractivity (Wildman–Crippen MR) is 106 cm³/mol. The van der Waals surface area contributed by atoms with E-state index in [2.05, 4.69) is 35.1 Å². The van der Waals surface area contributed by atoms with Gasteiger partial charge in [-0.15, -0.1) is 0 Å². The maximum absolute atomic E-state index is 12.4. The second-order valence-corrected chi connectivity index (χ2v) is 6.46. The standard InChI is InChI=1S/C20H21N7O/c28-20(23-14-16-4-7-21-8-5-16)17-13-19(25-15-24-17)27-11-9-26(10-12-27)18-3-1-2-6-22-18/h1-8,13,15H,9-12,14H2,(H,23,28). The third kappa shape index (κ3) is 4.22. The fourth-order valence-corrected chi connectivity index (χ4v) is 3.12. The van der Waals surface area contributed by atoms with E-state index >= 15 is 0 Å². The number of nitrogens with one attached hydrogen (secondary N) is 1. The molecule has 8 nitrogen and oxygen atoms in total. The number of amides is 1. The van der Waals surface area contributed by atoms with Crippen molar-refractivity contribution in [3.05, 3.63) is 72.6 Å². The zero-order valence-electron chi connectivity index (χ0n) is 15.4. The number of piperazine rings is 1. The Hall–Kier alpha value is -3.55. The highest BCUT2D eigenvalue weighted by Crippen LogP contribution is 2.17. The van der Waals surface area contributed by atoms with E-state index in [1.54, 1.807) is 18.5 Å². The van der Waals surface area contributed by atoms with E-state index in [0.29, 0.717) is 12.2 Å². The Balaban J connectivity index is 1.37. The number of nitrogens with zero attached hydrogens (tertiary/aromatic N) is 6. The highest BCUT2D eigenvalue weighted by Gasteiger charge is 2.20. The minimum atomic E-state index is -0.215. The average molecular weight is 375 g/mol. The molecule has 0 saturated carbocycles. The predicted octanol–water partition coefficient (Wildman–Crippen LogP) is 1.52. The SMILES string of the molecule is O=C(NCc1ccncc1)c1cc(N2CCN(c3ccccn3)CC2)ncn1. The van der Waals surface area contributed by atoms with E-state index in [4.69, 9.17) is 0 Å². The molecule has 28 heavy (non-hydrogen) atoms. The van der Waals surface area contributed by atoms with Crippen LogP contribution in [0.25, 0.3) is 0 Å². The van der Waals surface area contributed by atoms with Crippen molar-refractivity contribution in [1.82, 2.24) is 25.3 Å². The Morgan fingerprint density at radius 2 is 1.64 bits per heavy atom. The highest BCUT2D eigenvalue weighted by atomic mass is 16.1. The third-order valence-electron chi connectivity index (χ3n) is 4.66. The first kappa shape index (κ1) is 17.8. The lowest BCUT2D eigenvalue weighted by Crippen LogP contribution is -2.47. The van der Waals surface area contributed by atoms with Gasteiger partial charge < -0.3 is 15.1 Å². The summed E-state index contributed by atoms with van der Waals surface area (Å²) in [5, 5.41) is 2.88. The third-order valence-corrected chi connectivity index (χ3v) is 4.66. The van der Waals surface area contributed by atoms with Crippen LogP contribution in [0.3, 0.4) is 0 Å². The molecule has 0 bridgehead atoms. The number of aromatic nitrogens is 4. The molecule has 1 saturated heterocycles. The number of carbonyl (C=O) groups is 1. The van der Waals surface area contributed by atoms with Gasteiger partial charge in [0.2, 0.25) is 0 Å². The second kappa shape index (κ2) is 8.43. The normalized spacial score (nSPS) is 14.0. The van der Waals surface area contributed by atoms with Crippen molar-refractivity contribution < 1.29 is 4.79 Å². The van der Waals surface area contributed by atoms with Crippen molar-refractivity contribution in [2.24, 2.45) is 0 Å². The van der Waals surface area contributed by atoms with Gasteiger partial charge in [-0.3, -0.25) is 9.78 Å². The van der Waals surface area contributed by atoms with Crippen molar-refractivity contribution in [2.75, 3.05) is 36.0 Å². The van der Waals surface area contributed by atoms with Gasteiger partial charge in [0, 0.05) is 57.4 Å². The lowest BCUT2D eigenvalue weighted by molar-refractivity contribution is 0.0945. The molecule has 1 amide bonds. The molecule has 1 aliphatic heterocycles. The molecular weight excluding hydrogens is 354 g/mol. The topological polar surface area (TPSA) is 87.1 Å². The van der Waals surface area contributed by atoms with Gasteiger partial charge in [0.25, 0.3) is 5.91 Å². The summed E-state index contributed by atoms with van der Waals surface area (Å²) in [6.45, 7) is 3.76. The molecule has 0 unspecified atom stereocenters. The van der Waals surface area contributed by atoms with Crippen molar-refractivity contribution in [2.45, 2.75) is 6.54 Å².